The van der Waals surface area contributed by atoms with E-state index in [2.05, 4.69) is 10.6 Å². The molecule has 8 nitrogen and oxygen atoms in total. The fourth-order valence-electron chi connectivity index (χ4n) is 3.58. The van der Waals surface area contributed by atoms with Crippen LogP contribution in [0.4, 0.5) is 5.69 Å². The lowest BCUT2D eigenvalue weighted by Crippen LogP contribution is -2.45. The van der Waals surface area contributed by atoms with Gasteiger partial charge in [0.05, 0.1) is 24.0 Å². The number of carbonyl (C=O) groups is 3. The number of rotatable bonds is 6. The summed E-state index contributed by atoms with van der Waals surface area (Å²) in [6.07, 6.45) is 5.87. The summed E-state index contributed by atoms with van der Waals surface area (Å²) < 4.78 is 10.1. The van der Waals surface area contributed by atoms with E-state index in [0.717, 1.165) is 18.4 Å². The zero-order valence-corrected chi connectivity index (χ0v) is 16.9. The summed E-state index contributed by atoms with van der Waals surface area (Å²) in [4.78, 5) is 38.8. The SMILES string of the molecule is O=C(Nc1ccc(CNC(=O)[C@H]2CCCN(C(=O)c3ccoc3)C2)cc1)c1ccco1. The molecule has 1 aromatic carbocycles. The van der Waals surface area contributed by atoms with E-state index in [9.17, 15) is 14.4 Å². The minimum absolute atomic E-state index is 0.0695. The fraction of sp³-hybridized carbons (Fsp3) is 0.261. The third-order valence-corrected chi connectivity index (χ3v) is 5.27. The molecule has 2 N–H and O–H groups in total. The van der Waals surface area contributed by atoms with Gasteiger partial charge in [0, 0.05) is 25.3 Å². The third kappa shape index (κ3) is 5.03. The smallest absolute Gasteiger partial charge is 0.291 e. The maximum Gasteiger partial charge on any atom is 0.291 e. The highest BCUT2D eigenvalue weighted by molar-refractivity contribution is 6.02. The highest BCUT2D eigenvalue weighted by Crippen LogP contribution is 2.19. The summed E-state index contributed by atoms with van der Waals surface area (Å²) >= 11 is 0. The first kappa shape index (κ1) is 20.5. The van der Waals surface area contributed by atoms with Gasteiger partial charge in [0.2, 0.25) is 5.91 Å². The van der Waals surface area contributed by atoms with Gasteiger partial charge in [-0.05, 0) is 48.7 Å². The number of furan rings is 2. The largest absolute Gasteiger partial charge is 0.472 e. The second-order valence-electron chi connectivity index (χ2n) is 7.45. The van der Waals surface area contributed by atoms with Gasteiger partial charge in [-0.15, -0.1) is 0 Å². The van der Waals surface area contributed by atoms with Crippen molar-refractivity contribution >= 4 is 23.4 Å². The molecule has 0 saturated carbocycles. The molecule has 0 spiro atoms. The molecular weight excluding hydrogens is 398 g/mol. The number of likely N-dealkylation sites (tertiary alicyclic amines) is 1. The molecule has 0 aliphatic carbocycles. The number of amides is 3. The van der Waals surface area contributed by atoms with Crippen molar-refractivity contribution in [3.05, 3.63) is 78.1 Å². The Labute approximate surface area is 179 Å². The topological polar surface area (TPSA) is 105 Å². The summed E-state index contributed by atoms with van der Waals surface area (Å²) in [6.45, 7) is 1.41. The molecule has 3 heterocycles. The molecule has 0 bridgehead atoms. The monoisotopic (exact) mass is 421 g/mol. The molecule has 1 atom stereocenters. The van der Waals surface area contributed by atoms with Crippen molar-refractivity contribution < 1.29 is 23.2 Å². The van der Waals surface area contributed by atoms with Crippen LogP contribution in [0.1, 0.15) is 39.3 Å². The quantitative estimate of drug-likeness (QED) is 0.635. The van der Waals surface area contributed by atoms with Crippen LogP contribution in [0.15, 0.2) is 70.1 Å². The third-order valence-electron chi connectivity index (χ3n) is 5.27. The molecule has 3 amide bonds. The van der Waals surface area contributed by atoms with Crippen LogP contribution < -0.4 is 10.6 Å². The van der Waals surface area contributed by atoms with Crippen LogP contribution in [-0.2, 0) is 11.3 Å². The van der Waals surface area contributed by atoms with Crippen molar-refractivity contribution in [2.45, 2.75) is 19.4 Å². The highest BCUT2D eigenvalue weighted by atomic mass is 16.3. The van der Waals surface area contributed by atoms with Gasteiger partial charge in [-0.25, -0.2) is 0 Å². The van der Waals surface area contributed by atoms with Crippen LogP contribution in [0.5, 0.6) is 0 Å². The van der Waals surface area contributed by atoms with Gasteiger partial charge in [0.1, 0.15) is 6.26 Å². The Morgan fingerprint density at radius 3 is 2.61 bits per heavy atom. The normalized spacial score (nSPS) is 16.0. The van der Waals surface area contributed by atoms with E-state index in [1.54, 1.807) is 35.2 Å². The van der Waals surface area contributed by atoms with Crippen LogP contribution in [0, 0.1) is 5.92 Å². The summed E-state index contributed by atoms with van der Waals surface area (Å²) in [5, 5.41) is 5.70. The summed E-state index contributed by atoms with van der Waals surface area (Å²) in [7, 11) is 0. The average Bonchev–Trinajstić information content (AvgIpc) is 3.52. The minimum atomic E-state index is -0.321. The molecule has 4 rings (SSSR count). The van der Waals surface area contributed by atoms with E-state index >= 15 is 0 Å². The number of hydrogen-bond acceptors (Lipinski definition) is 5. The number of piperidine rings is 1. The van der Waals surface area contributed by atoms with Crippen molar-refractivity contribution in [2.24, 2.45) is 5.92 Å². The van der Waals surface area contributed by atoms with E-state index in [0.29, 0.717) is 30.9 Å². The van der Waals surface area contributed by atoms with Crippen LogP contribution >= 0.6 is 0 Å². The molecule has 160 valence electrons. The van der Waals surface area contributed by atoms with Gasteiger partial charge in [-0.3, -0.25) is 14.4 Å². The summed E-state index contributed by atoms with van der Waals surface area (Å²) in [5.41, 5.74) is 2.05. The first-order valence-electron chi connectivity index (χ1n) is 10.1. The Morgan fingerprint density at radius 1 is 1.06 bits per heavy atom. The molecule has 1 fully saturated rings. The fourth-order valence-corrected chi connectivity index (χ4v) is 3.58. The van der Waals surface area contributed by atoms with Gasteiger partial charge >= 0.3 is 0 Å². The Morgan fingerprint density at radius 2 is 1.90 bits per heavy atom. The number of benzene rings is 1. The van der Waals surface area contributed by atoms with E-state index in [4.69, 9.17) is 8.83 Å². The van der Waals surface area contributed by atoms with Gasteiger partial charge < -0.3 is 24.4 Å². The molecular formula is C23H23N3O5. The molecule has 31 heavy (non-hydrogen) atoms. The number of carbonyl (C=O) groups excluding carboxylic acids is 3. The lowest BCUT2D eigenvalue weighted by atomic mass is 9.96. The molecule has 0 unspecified atom stereocenters. The first-order chi connectivity index (χ1) is 15.1. The second-order valence-corrected chi connectivity index (χ2v) is 7.45. The Kier molecular flexibility index (Phi) is 6.16. The number of nitrogens with zero attached hydrogens (tertiary/aromatic N) is 1. The van der Waals surface area contributed by atoms with Crippen LogP contribution in [-0.4, -0.2) is 35.7 Å². The van der Waals surface area contributed by atoms with Crippen molar-refractivity contribution in [1.82, 2.24) is 10.2 Å². The van der Waals surface area contributed by atoms with E-state index in [1.807, 2.05) is 12.1 Å². The molecule has 0 radical (unpaired) electrons. The second kappa shape index (κ2) is 9.34. The molecule has 3 aromatic rings. The van der Waals surface area contributed by atoms with Gasteiger partial charge in [0.15, 0.2) is 5.76 Å². The van der Waals surface area contributed by atoms with Crippen molar-refractivity contribution in [3.63, 3.8) is 0 Å². The maximum absolute atomic E-state index is 12.6. The van der Waals surface area contributed by atoms with Crippen LogP contribution in [0.3, 0.4) is 0 Å². The highest BCUT2D eigenvalue weighted by Gasteiger charge is 2.29. The molecule has 8 heteroatoms. The zero-order chi connectivity index (χ0) is 21.6. The molecule has 1 aliphatic heterocycles. The van der Waals surface area contributed by atoms with E-state index in [-0.39, 0.29) is 29.4 Å². The number of nitrogens with one attached hydrogen (secondary N) is 2. The molecule has 1 aliphatic rings. The van der Waals surface area contributed by atoms with Gasteiger partial charge in [0.25, 0.3) is 11.8 Å². The minimum Gasteiger partial charge on any atom is -0.472 e. The summed E-state index contributed by atoms with van der Waals surface area (Å²) in [5.74, 6) is -0.503. The maximum atomic E-state index is 12.6. The first-order valence-corrected chi connectivity index (χ1v) is 10.1. The average molecular weight is 421 g/mol. The zero-order valence-electron chi connectivity index (χ0n) is 16.9. The Balaban J connectivity index is 1.27. The molecule has 2 aromatic heterocycles. The van der Waals surface area contributed by atoms with Crippen molar-refractivity contribution in [1.29, 1.82) is 0 Å². The van der Waals surface area contributed by atoms with Gasteiger partial charge in [-0.1, -0.05) is 12.1 Å². The number of anilines is 1. The van der Waals surface area contributed by atoms with Gasteiger partial charge in [-0.2, -0.15) is 0 Å². The lowest BCUT2D eigenvalue weighted by Gasteiger charge is -2.31. The van der Waals surface area contributed by atoms with Crippen LogP contribution in [0.25, 0.3) is 0 Å². The summed E-state index contributed by atoms with van der Waals surface area (Å²) in [6, 6.07) is 12.1. The predicted molar refractivity (Wildman–Crippen MR) is 112 cm³/mol. The predicted octanol–water partition coefficient (Wildman–Crippen LogP) is 3.29. The van der Waals surface area contributed by atoms with E-state index in [1.165, 1.54) is 18.8 Å². The van der Waals surface area contributed by atoms with Crippen molar-refractivity contribution in [2.75, 3.05) is 18.4 Å². The van der Waals surface area contributed by atoms with E-state index < -0.39 is 0 Å². The Bertz CT molecular complexity index is 1030. The number of hydrogen-bond donors (Lipinski definition) is 2. The molecule has 1 saturated heterocycles. The standard InChI is InChI=1S/C23H23N3O5/c27-21(17-3-1-10-26(14-17)23(29)18-9-12-30-15-18)24-13-16-5-7-19(8-6-16)25-22(28)20-4-2-11-31-20/h2,4-9,11-12,15,17H,1,3,10,13-14H2,(H,24,27)(H,25,28)/t17-/m0/s1. The van der Waals surface area contributed by atoms with Crippen molar-refractivity contribution in [3.8, 4) is 0 Å². The van der Waals surface area contributed by atoms with Crippen LogP contribution in [0.2, 0.25) is 0 Å². The Hall–Kier alpha value is -3.81. The lowest BCUT2D eigenvalue weighted by molar-refractivity contribution is -0.126.